The maximum atomic E-state index is 6.10. The fourth-order valence-electron chi connectivity index (χ4n) is 1.40. The zero-order valence-corrected chi connectivity index (χ0v) is 9.67. The van der Waals surface area contributed by atoms with E-state index >= 15 is 0 Å². The first-order valence-corrected chi connectivity index (χ1v) is 5.22. The minimum Gasteiger partial charge on any atom is -0.397 e. The predicted molar refractivity (Wildman–Crippen MR) is 64.0 cm³/mol. The number of halogens is 1. The summed E-state index contributed by atoms with van der Waals surface area (Å²) in [5.74, 6) is 0. The van der Waals surface area contributed by atoms with Crippen molar-refractivity contribution in [2.24, 2.45) is 0 Å². The minimum atomic E-state index is 0.442. The molecule has 0 aliphatic carbocycles. The van der Waals surface area contributed by atoms with E-state index in [4.69, 9.17) is 17.3 Å². The van der Waals surface area contributed by atoms with Crippen molar-refractivity contribution in [2.45, 2.75) is 26.3 Å². The second kappa shape index (κ2) is 4.56. The van der Waals surface area contributed by atoms with E-state index in [0.717, 1.165) is 17.8 Å². The molecule has 78 valence electrons. The molecule has 0 bridgehead atoms. The summed E-state index contributed by atoms with van der Waals surface area (Å²) in [7, 11) is 2.02. The lowest BCUT2D eigenvalue weighted by molar-refractivity contribution is 0.664. The summed E-state index contributed by atoms with van der Waals surface area (Å²) in [5, 5.41) is 0.716. The topological polar surface area (TPSA) is 29.3 Å². The van der Waals surface area contributed by atoms with Gasteiger partial charge in [-0.15, -0.1) is 0 Å². The first kappa shape index (κ1) is 11.2. The molecule has 1 atom stereocenters. The van der Waals surface area contributed by atoms with Crippen molar-refractivity contribution in [1.82, 2.24) is 0 Å². The second-order valence-electron chi connectivity index (χ2n) is 3.55. The van der Waals surface area contributed by atoms with E-state index in [1.807, 2.05) is 25.2 Å². The van der Waals surface area contributed by atoms with E-state index in [0.29, 0.717) is 11.1 Å². The van der Waals surface area contributed by atoms with E-state index in [2.05, 4.69) is 18.7 Å². The highest BCUT2D eigenvalue weighted by molar-refractivity contribution is 6.34. The molecular weight excluding hydrogens is 196 g/mol. The summed E-state index contributed by atoms with van der Waals surface area (Å²) in [6, 6.07) is 6.05. The number of nitrogens with zero attached hydrogens (tertiary/aromatic N) is 1. The van der Waals surface area contributed by atoms with Crippen LogP contribution in [0.3, 0.4) is 0 Å². The number of benzene rings is 1. The molecule has 1 aromatic rings. The van der Waals surface area contributed by atoms with Gasteiger partial charge in [0.2, 0.25) is 0 Å². The van der Waals surface area contributed by atoms with Gasteiger partial charge in [-0.1, -0.05) is 24.6 Å². The molecule has 0 fully saturated rings. The molecule has 0 radical (unpaired) electrons. The number of anilines is 2. The van der Waals surface area contributed by atoms with Gasteiger partial charge in [0.1, 0.15) is 0 Å². The zero-order valence-electron chi connectivity index (χ0n) is 8.92. The van der Waals surface area contributed by atoms with E-state index in [1.54, 1.807) is 0 Å². The third-order valence-corrected chi connectivity index (χ3v) is 2.93. The maximum absolute atomic E-state index is 6.10. The number of hydrogen-bond acceptors (Lipinski definition) is 2. The maximum Gasteiger partial charge on any atom is 0.0788 e. The molecule has 14 heavy (non-hydrogen) atoms. The van der Waals surface area contributed by atoms with Gasteiger partial charge in [-0.05, 0) is 25.5 Å². The van der Waals surface area contributed by atoms with Crippen LogP contribution in [-0.2, 0) is 0 Å². The molecule has 0 saturated carbocycles. The molecule has 0 spiro atoms. The second-order valence-corrected chi connectivity index (χ2v) is 3.95. The van der Waals surface area contributed by atoms with Gasteiger partial charge in [-0.2, -0.15) is 0 Å². The van der Waals surface area contributed by atoms with Crippen molar-refractivity contribution in [3.63, 3.8) is 0 Å². The summed E-state index contributed by atoms with van der Waals surface area (Å²) >= 11 is 6.10. The molecule has 1 aromatic carbocycles. The molecule has 0 aliphatic rings. The van der Waals surface area contributed by atoms with Gasteiger partial charge in [0.05, 0.1) is 16.4 Å². The van der Waals surface area contributed by atoms with Crippen LogP contribution in [0.1, 0.15) is 20.3 Å². The van der Waals surface area contributed by atoms with Crippen molar-refractivity contribution in [2.75, 3.05) is 17.7 Å². The standard InChI is InChI=1S/C11H17ClN2/c1-4-8(2)14(3)11-9(12)6-5-7-10(11)13/h5-8H,4,13H2,1-3H3. The Hall–Kier alpha value is -0.890. The smallest absolute Gasteiger partial charge is 0.0788 e. The molecule has 0 aromatic heterocycles. The summed E-state index contributed by atoms with van der Waals surface area (Å²) in [5.41, 5.74) is 7.56. The van der Waals surface area contributed by atoms with Crippen molar-refractivity contribution >= 4 is 23.0 Å². The Morgan fingerprint density at radius 2 is 2.14 bits per heavy atom. The largest absolute Gasteiger partial charge is 0.397 e. The monoisotopic (exact) mass is 212 g/mol. The number of nitrogens with two attached hydrogens (primary N) is 1. The summed E-state index contributed by atoms with van der Waals surface area (Å²) in [4.78, 5) is 2.12. The third kappa shape index (κ3) is 2.13. The van der Waals surface area contributed by atoms with Gasteiger partial charge in [-0.25, -0.2) is 0 Å². The SMILES string of the molecule is CCC(C)N(C)c1c(N)cccc1Cl. The molecular formula is C11H17ClN2. The Balaban J connectivity index is 3.05. The number of hydrogen-bond donors (Lipinski definition) is 1. The number of nitrogen functional groups attached to an aromatic ring is 1. The highest BCUT2D eigenvalue weighted by Gasteiger charge is 2.13. The van der Waals surface area contributed by atoms with E-state index in [1.165, 1.54) is 0 Å². The van der Waals surface area contributed by atoms with Crippen LogP contribution < -0.4 is 10.6 Å². The highest BCUT2D eigenvalue weighted by atomic mass is 35.5. The molecule has 2 N–H and O–H groups in total. The fourth-order valence-corrected chi connectivity index (χ4v) is 1.71. The lowest BCUT2D eigenvalue weighted by atomic mass is 10.2. The Bertz CT molecular complexity index is 292. The van der Waals surface area contributed by atoms with Crippen molar-refractivity contribution in [1.29, 1.82) is 0 Å². The lowest BCUT2D eigenvalue weighted by Gasteiger charge is -2.28. The van der Waals surface area contributed by atoms with Gasteiger partial charge in [0.15, 0.2) is 0 Å². The number of para-hydroxylation sites is 1. The van der Waals surface area contributed by atoms with Gasteiger partial charge in [0, 0.05) is 13.1 Å². The molecule has 0 aliphatic heterocycles. The summed E-state index contributed by atoms with van der Waals surface area (Å²) < 4.78 is 0. The van der Waals surface area contributed by atoms with Crippen molar-refractivity contribution in [3.05, 3.63) is 23.2 Å². The van der Waals surface area contributed by atoms with Crippen LogP contribution in [0.2, 0.25) is 5.02 Å². The van der Waals surface area contributed by atoms with Gasteiger partial charge < -0.3 is 10.6 Å². The summed E-state index contributed by atoms with van der Waals surface area (Å²) in [6.07, 6.45) is 1.07. The Morgan fingerprint density at radius 3 is 2.64 bits per heavy atom. The first-order valence-electron chi connectivity index (χ1n) is 4.84. The third-order valence-electron chi connectivity index (χ3n) is 2.62. The molecule has 1 unspecified atom stereocenters. The van der Waals surface area contributed by atoms with Crippen LogP contribution >= 0.6 is 11.6 Å². The van der Waals surface area contributed by atoms with Gasteiger partial charge in [-0.3, -0.25) is 0 Å². The van der Waals surface area contributed by atoms with Crippen molar-refractivity contribution in [3.8, 4) is 0 Å². The normalized spacial score (nSPS) is 12.6. The van der Waals surface area contributed by atoms with Crippen LogP contribution in [0.15, 0.2) is 18.2 Å². The Morgan fingerprint density at radius 1 is 1.50 bits per heavy atom. The average molecular weight is 213 g/mol. The van der Waals surface area contributed by atoms with Gasteiger partial charge >= 0.3 is 0 Å². The van der Waals surface area contributed by atoms with Crippen molar-refractivity contribution < 1.29 is 0 Å². The number of rotatable bonds is 3. The van der Waals surface area contributed by atoms with E-state index in [9.17, 15) is 0 Å². The predicted octanol–water partition coefficient (Wildman–Crippen LogP) is 3.16. The van der Waals surface area contributed by atoms with Crippen LogP contribution in [0.5, 0.6) is 0 Å². The molecule has 0 saturated heterocycles. The Labute approximate surface area is 90.7 Å². The van der Waals surface area contributed by atoms with E-state index in [-0.39, 0.29) is 0 Å². The average Bonchev–Trinajstić information content (AvgIpc) is 2.16. The van der Waals surface area contributed by atoms with E-state index < -0.39 is 0 Å². The quantitative estimate of drug-likeness (QED) is 0.780. The van der Waals surface area contributed by atoms with Crippen LogP contribution in [0, 0.1) is 0 Å². The highest BCUT2D eigenvalue weighted by Crippen LogP contribution is 2.32. The van der Waals surface area contributed by atoms with Crippen LogP contribution in [0.25, 0.3) is 0 Å². The Kier molecular flexibility index (Phi) is 3.64. The molecule has 2 nitrogen and oxygen atoms in total. The molecule has 1 rings (SSSR count). The minimum absolute atomic E-state index is 0.442. The molecule has 0 heterocycles. The molecule has 3 heteroatoms. The first-order chi connectivity index (χ1) is 6.57. The molecule has 0 amide bonds. The zero-order chi connectivity index (χ0) is 10.7. The van der Waals surface area contributed by atoms with Crippen LogP contribution in [-0.4, -0.2) is 13.1 Å². The fraction of sp³-hybridized carbons (Fsp3) is 0.455. The van der Waals surface area contributed by atoms with Crippen LogP contribution in [0.4, 0.5) is 11.4 Å². The van der Waals surface area contributed by atoms with Gasteiger partial charge in [0.25, 0.3) is 0 Å². The summed E-state index contributed by atoms with van der Waals surface area (Å²) in [6.45, 7) is 4.30. The lowest BCUT2D eigenvalue weighted by Crippen LogP contribution is -2.28.